The minimum atomic E-state index is -0.160. The summed E-state index contributed by atoms with van der Waals surface area (Å²) in [6, 6.07) is 15.6. The molecule has 1 N–H and O–H groups in total. The molecule has 1 aromatic carbocycles. The van der Waals surface area contributed by atoms with Crippen LogP contribution in [0.1, 0.15) is 16.5 Å². The summed E-state index contributed by atoms with van der Waals surface area (Å²) < 4.78 is 14.0. The Kier molecular flexibility index (Phi) is 6.38. The molecule has 1 unspecified atom stereocenters. The van der Waals surface area contributed by atoms with E-state index in [1.807, 2.05) is 30.6 Å². The van der Waals surface area contributed by atoms with Gasteiger partial charge in [0.15, 0.2) is 0 Å². The van der Waals surface area contributed by atoms with Gasteiger partial charge in [0.25, 0.3) is 0 Å². The lowest BCUT2D eigenvalue weighted by atomic mass is 10.0. The minimum absolute atomic E-state index is 0. The molecule has 4 rings (SSSR count). The molecule has 0 radical (unpaired) electrons. The number of nitrogens with zero attached hydrogens (tertiary/aromatic N) is 2. The van der Waals surface area contributed by atoms with Crippen molar-refractivity contribution >= 4 is 23.7 Å². The van der Waals surface area contributed by atoms with E-state index in [4.69, 9.17) is 0 Å². The number of halogens is 2. The molecule has 1 aliphatic heterocycles. The van der Waals surface area contributed by atoms with Gasteiger partial charge < -0.3 is 5.32 Å². The van der Waals surface area contributed by atoms with Gasteiger partial charge in [-0.2, -0.15) is 0 Å². The van der Waals surface area contributed by atoms with Crippen LogP contribution < -0.4 is 5.32 Å². The first-order valence-electron chi connectivity index (χ1n) is 8.49. The van der Waals surface area contributed by atoms with E-state index in [1.165, 1.54) is 16.5 Å². The molecule has 1 saturated heterocycles. The lowest BCUT2D eigenvalue weighted by molar-refractivity contribution is 0.155. The number of rotatable bonds is 4. The van der Waals surface area contributed by atoms with Crippen LogP contribution in [0.15, 0.2) is 60.9 Å². The van der Waals surface area contributed by atoms with Crippen LogP contribution in [0.5, 0.6) is 0 Å². The van der Waals surface area contributed by atoms with Crippen molar-refractivity contribution in [3.8, 4) is 10.4 Å². The van der Waals surface area contributed by atoms with Gasteiger partial charge >= 0.3 is 0 Å². The Labute approximate surface area is 163 Å². The van der Waals surface area contributed by atoms with Crippen molar-refractivity contribution in [3.05, 3.63) is 77.2 Å². The van der Waals surface area contributed by atoms with Crippen LogP contribution in [0.3, 0.4) is 0 Å². The normalized spacial score (nSPS) is 17.7. The SMILES string of the molecule is Cl.Fc1ccccc1-c1ccc(CN2CCNCC2c2ccncc2)s1. The minimum Gasteiger partial charge on any atom is -0.314 e. The second-order valence-electron chi connectivity index (χ2n) is 6.22. The standard InChI is InChI=1S/C20H20FN3S.ClH/c21-18-4-2-1-3-17(18)20-6-5-16(25-20)14-24-12-11-23-13-19(24)15-7-9-22-10-8-15;/h1-10,19,23H,11-14H2;1H. The molecule has 3 aromatic rings. The Hall–Kier alpha value is -1.79. The average molecular weight is 390 g/mol. The van der Waals surface area contributed by atoms with E-state index >= 15 is 0 Å². The summed E-state index contributed by atoms with van der Waals surface area (Å²) in [6.07, 6.45) is 3.70. The number of thiophene rings is 1. The first-order valence-corrected chi connectivity index (χ1v) is 9.31. The van der Waals surface area contributed by atoms with Crippen molar-refractivity contribution in [2.45, 2.75) is 12.6 Å². The van der Waals surface area contributed by atoms with E-state index in [2.05, 4.69) is 33.4 Å². The fourth-order valence-corrected chi connectivity index (χ4v) is 4.38. The van der Waals surface area contributed by atoms with Gasteiger partial charge in [0.1, 0.15) is 5.82 Å². The van der Waals surface area contributed by atoms with E-state index in [-0.39, 0.29) is 18.2 Å². The number of nitrogens with one attached hydrogen (secondary N) is 1. The van der Waals surface area contributed by atoms with Gasteiger partial charge in [-0.1, -0.05) is 18.2 Å². The third-order valence-corrected chi connectivity index (χ3v) is 5.71. The quantitative estimate of drug-likeness (QED) is 0.711. The molecule has 0 aliphatic carbocycles. The van der Waals surface area contributed by atoms with Gasteiger partial charge in [-0.15, -0.1) is 23.7 Å². The highest BCUT2D eigenvalue weighted by atomic mass is 35.5. The second-order valence-corrected chi connectivity index (χ2v) is 7.39. The number of aromatic nitrogens is 1. The van der Waals surface area contributed by atoms with Crippen LogP contribution in [0.2, 0.25) is 0 Å². The van der Waals surface area contributed by atoms with Gasteiger partial charge in [-0.25, -0.2) is 4.39 Å². The Balaban J connectivity index is 0.00000196. The van der Waals surface area contributed by atoms with E-state index in [9.17, 15) is 4.39 Å². The number of piperazine rings is 1. The molecule has 3 nitrogen and oxygen atoms in total. The molecule has 0 spiro atoms. The molecule has 1 atom stereocenters. The maximum Gasteiger partial charge on any atom is 0.131 e. The molecule has 2 aromatic heterocycles. The Morgan fingerprint density at radius 1 is 1.12 bits per heavy atom. The summed E-state index contributed by atoms with van der Waals surface area (Å²) in [5.41, 5.74) is 1.97. The zero-order chi connectivity index (χ0) is 17.1. The molecule has 3 heterocycles. The van der Waals surface area contributed by atoms with Crippen LogP contribution in [-0.4, -0.2) is 29.5 Å². The van der Waals surface area contributed by atoms with Crippen molar-refractivity contribution < 1.29 is 4.39 Å². The van der Waals surface area contributed by atoms with Crippen molar-refractivity contribution in [3.63, 3.8) is 0 Å². The molecular weight excluding hydrogens is 369 g/mol. The van der Waals surface area contributed by atoms with Crippen molar-refractivity contribution in [2.24, 2.45) is 0 Å². The second kappa shape index (κ2) is 8.73. The Morgan fingerprint density at radius 2 is 1.92 bits per heavy atom. The van der Waals surface area contributed by atoms with Crippen molar-refractivity contribution in [1.82, 2.24) is 15.2 Å². The fraction of sp³-hybridized carbons (Fsp3) is 0.250. The summed E-state index contributed by atoms with van der Waals surface area (Å²) in [4.78, 5) is 8.86. The molecule has 1 aliphatic rings. The number of hydrogen-bond acceptors (Lipinski definition) is 4. The van der Waals surface area contributed by atoms with Gasteiger partial charge in [-0.3, -0.25) is 9.88 Å². The third kappa shape index (κ3) is 4.13. The molecule has 0 bridgehead atoms. The van der Waals surface area contributed by atoms with Gasteiger partial charge in [0, 0.05) is 59.9 Å². The van der Waals surface area contributed by atoms with E-state index in [0.29, 0.717) is 11.6 Å². The fourth-order valence-electron chi connectivity index (χ4n) is 3.32. The lowest BCUT2D eigenvalue weighted by Gasteiger charge is -2.36. The summed E-state index contributed by atoms with van der Waals surface area (Å²) >= 11 is 1.68. The molecular formula is C20H21ClFN3S. The van der Waals surface area contributed by atoms with Crippen LogP contribution in [0.4, 0.5) is 4.39 Å². The topological polar surface area (TPSA) is 28.2 Å². The number of benzene rings is 1. The molecule has 6 heteroatoms. The molecule has 0 saturated carbocycles. The zero-order valence-electron chi connectivity index (χ0n) is 14.3. The van der Waals surface area contributed by atoms with Gasteiger partial charge in [0.05, 0.1) is 0 Å². The lowest BCUT2D eigenvalue weighted by Crippen LogP contribution is -2.45. The summed E-state index contributed by atoms with van der Waals surface area (Å²) in [6.45, 7) is 3.82. The summed E-state index contributed by atoms with van der Waals surface area (Å²) in [5, 5.41) is 3.48. The monoisotopic (exact) mass is 389 g/mol. The largest absolute Gasteiger partial charge is 0.314 e. The maximum absolute atomic E-state index is 14.0. The third-order valence-electron chi connectivity index (χ3n) is 4.61. The Morgan fingerprint density at radius 3 is 2.73 bits per heavy atom. The first kappa shape index (κ1) is 19.0. The molecule has 26 heavy (non-hydrogen) atoms. The van der Waals surface area contributed by atoms with E-state index < -0.39 is 0 Å². The summed E-state index contributed by atoms with van der Waals surface area (Å²) in [7, 11) is 0. The predicted molar refractivity (Wildman–Crippen MR) is 107 cm³/mol. The highest BCUT2D eigenvalue weighted by Crippen LogP contribution is 2.32. The van der Waals surface area contributed by atoms with E-state index in [0.717, 1.165) is 31.1 Å². The predicted octanol–water partition coefficient (Wildman–Crippen LogP) is 4.52. The first-order chi connectivity index (χ1) is 12.3. The van der Waals surface area contributed by atoms with Crippen LogP contribution in [0, 0.1) is 5.82 Å². The molecule has 1 fully saturated rings. The van der Waals surface area contributed by atoms with Crippen LogP contribution >= 0.6 is 23.7 Å². The Bertz CT molecular complexity index is 840. The van der Waals surface area contributed by atoms with Gasteiger partial charge in [-0.05, 0) is 35.9 Å². The van der Waals surface area contributed by atoms with E-state index in [1.54, 1.807) is 17.4 Å². The highest BCUT2D eigenvalue weighted by molar-refractivity contribution is 7.15. The van der Waals surface area contributed by atoms with Crippen molar-refractivity contribution in [1.29, 1.82) is 0 Å². The van der Waals surface area contributed by atoms with Crippen molar-refractivity contribution in [2.75, 3.05) is 19.6 Å². The van der Waals surface area contributed by atoms with Crippen LogP contribution in [-0.2, 0) is 6.54 Å². The molecule has 136 valence electrons. The zero-order valence-corrected chi connectivity index (χ0v) is 15.9. The maximum atomic E-state index is 14.0. The van der Waals surface area contributed by atoms with Crippen LogP contribution in [0.25, 0.3) is 10.4 Å². The summed E-state index contributed by atoms with van der Waals surface area (Å²) in [5.74, 6) is -0.160. The molecule has 0 amide bonds. The average Bonchev–Trinajstić information content (AvgIpc) is 3.11. The van der Waals surface area contributed by atoms with Gasteiger partial charge in [0.2, 0.25) is 0 Å². The number of pyridine rings is 1. The smallest absolute Gasteiger partial charge is 0.131 e. The highest BCUT2D eigenvalue weighted by Gasteiger charge is 2.24. The number of hydrogen-bond donors (Lipinski definition) is 1.